The molecule has 0 aromatic heterocycles. The first-order valence-electron chi connectivity index (χ1n) is 9.34. The molecule has 0 saturated carbocycles. The zero-order valence-corrected chi connectivity index (χ0v) is 17.1. The molecular weight excluding hydrogens is 404 g/mol. The van der Waals surface area contributed by atoms with Gasteiger partial charge in [-0.2, -0.15) is 0 Å². The number of fused-ring (bicyclic) bond motifs is 5. The van der Waals surface area contributed by atoms with Gasteiger partial charge in [-0.05, 0) is 74.3 Å². The fourth-order valence-electron chi connectivity index (χ4n) is 4.22. The molecule has 5 heteroatoms. The van der Waals surface area contributed by atoms with Crippen molar-refractivity contribution in [2.75, 3.05) is 19.0 Å². The average Bonchev–Trinajstić information content (AvgIpc) is 3.15. The molecule has 4 nitrogen and oxygen atoms in total. The number of carbonyl (C=O) groups is 1. The molecule has 0 unspecified atom stereocenters. The van der Waals surface area contributed by atoms with Crippen LogP contribution in [0.2, 0.25) is 0 Å². The summed E-state index contributed by atoms with van der Waals surface area (Å²) in [7, 11) is 2.19. The van der Waals surface area contributed by atoms with Crippen LogP contribution in [0.4, 0.5) is 5.69 Å². The van der Waals surface area contributed by atoms with E-state index in [-0.39, 0.29) is 5.91 Å². The van der Waals surface area contributed by atoms with Crippen LogP contribution in [0, 0.1) is 0 Å². The Bertz CT molecular complexity index is 909. The molecule has 2 aliphatic heterocycles. The number of carbonyl (C=O) groups excluding carboxylic acids is 1. The third kappa shape index (κ3) is 3.54. The molecule has 2 bridgehead atoms. The van der Waals surface area contributed by atoms with Crippen molar-refractivity contribution in [2.45, 2.75) is 31.8 Å². The third-order valence-electron chi connectivity index (χ3n) is 5.46. The zero-order chi connectivity index (χ0) is 19.0. The first kappa shape index (κ1) is 18.3. The standard InChI is InChI=1S/C22H23BrN2O2/c1-3-27-21-10-5-15(23)12-14(21)4-11-22(26)24-16-6-7-17-18(13-16)20-9-8-19(17)25(20)2/h4-7,10-13,19-20H,3,8-9H2,1-2H3,(H,24,26)/b11-4+/t19-,20+/m1/s1. The largest absolute Gasteiger partial charge is 0.493 e. The maximum absolute atomic E-state index is 12.4. The maximum Gasteiger partial charge on any atom is 0.248 e. The summed E-state index contributed by atoms with van der Waals surface area (Å²) in [6, 6.07) is 13.1. The fraction of sp³-hybridized carbons (Fsp3) is 0.318. The summed E-state index contributed by atoms with van der Waals surface area (Å²) in [5, 5.41) is 2.99. The SMILES string of the molecule is CCOc1ccc(Br)cc1/C=C/C(=O)Nc1ccc2c(c1)[C@@H]1CC[C@H]2N1C. The molecule has 2 aromatic carbocycles. The second-order valence-corrected chi connectivity index (χ2v) is 7.97. The first-order valence-corrected chi connectivity index (χ1v) is 10.1. The fourth-order valence-corrected chi connectivity index (χ4v) is 4.60. The van der Waals surface area contributed by atoms with Gasteiger partial charge in [-0.15, -0.1) is 0 Å². The van der Waals surface area contributed by atoms with Crippen LogP contribution in [-0.2, 0) is 4.79 Å². The third-order valence-corrected chi connectivity index (χ3v) is 5.95. The van der Waals surface area contributed by atoms with Crippen molar-refractivity contribution in [3.63, 3.8) is 0 Å². The van der Waals surface area contributed by atoms with Gasteiger partial charge < -0.3 is 10.1 Å². The quantitative estimate of drug-likeness (QED) is 0.657. The van der Waals surface area contributed by atoms with Crippen LogP contribution in [-0.4, -0.2) is 24.5 Å². The Kier molecular flexibility index (Phi) is 5.06. The van der Waals surface area contributed by atoms with E-state index in [9.17, 15) is 4.79 Å². The molecule has 2 aliphatic rings. The summed E-state index contributed by atoms with van der Waals surface area (Å²) in [5.74, 6) is 0.621. The van der Waals surface area contributed by atoms with E-state index in [1.165, 1.54) is 24.0 Å². The topological polar surface area (TPSA) is 41.6 Å². The number of ether oxygens (including phenoxy) is 1. The highest BCUT2D eigenvalue weighted by Gasteiger charge is 2.41. The van der Waals surface area contributed by atoms with Gasteiger partial charge in [0, 0.05) is 33.9 Å². The molecule has 1 saturated heterocycles. The Morgan fingerprint density at radius 2 is 2.00 bits per heavy atom. The van der Waals surface area contributed by atoms with Gasteiger partial charge in [-0.25, -0.2) is 0 Å². The van der Waals surface area contributed by atoms with Crippen molar-refractivity contribution in [3.05, 3.63) is 63.6 Å². The lowest BCUT2D eigenvalue weighted by Crippen LogP contribution is -2.12. The molecule has 1 amide bonds. The van der Waals surface area contributed by atoms with Gasteiger partial charge in [0.15, 0.2) is 0 Å². The number of hydrogen-bond donors (Lipinski definition) is 1. The van der Waals surface area contributed by atoms with E-state index in [2.05, 4.69) is 45.3 Å². The van der Waals surface area contributed by atoms with Crippen molar-refractivity contribution in [2.24, 2.45) is 0 Å². The second-order valence-electron chi connectivity index (χ2n) is 7.06. The van der Waals surface area contributed by atoms with Crippen LogP contribution in [0.5, 0.6) is 5.75 Å². The monoisotopic (exact) mass is 426 g/mol. The molecule has 2 aromatic rings. The summed E-state index contributed by atoms with van der Waals surface area (Å²) in [6.07, 6.45) is 5.77. The Balaban J connectivity index is 1.48. The van der Waals surface area contributed by atoms with Crippen LogP contribution < -0.4 is 10.1 Å². The highest BCUT2D eigenvalue weighted by molar-refractivity contribution is 9.10. The summed E-state index contributed by atoms with van der Waals surface area (Å²) >= 11 is 3.46. The van der Waals surface area contributed by atoms with Crippen LogP contribution in [0.15, 0.2) is 46.9 Å². The average molecular weight is 427 g/mol. The van der Waals surface area contributed by atoms with E-state index in [1.54, 1.807) is 12.2 Å². The van der Waals surface area contributed by atoms with Crippen LogP contribution in [0.3, 0.4) is 0 Å². The van der Waals surface area contributed by atoms with Gasteiger partial charge >= 0.3 is 0 Å². The van der Waals surface area contributed by atoms with E-state index < -0.39 is 0 Å². The van der Waals surface area contributed by atoms with Crippen LogP contribution in [0.25, 0.3) is 6.08 Å². The normalized spacial score (nSPS) is 20.9. The number of nitrogens with one attached hydrogen (secondary N) is 1. The number of rotatable bonds is 5. The Morgan fingerprint density at radius 3 is 2.78 bits per heavy atom. The molecule has 0 radical (unpaired) electrons. The van der Waals surface area contributed by atoms with Gasteiger partial charge in [0.25, 0.3) is 0 Å². The maximum atomic E-state index is 12.4. The van der Waals surface area contributed by atoms with E-state index in [4.69, 9.17) is 4.74 Å². The Morgan fingerprint density at radius 1 is 1.22 bits per heavy atom. The Hall–Kier alpha value is -2.11. The Labute approximate surface area is 168 Å². The lowest BCUT2D eigenvalue weighted by Gasteiger charge is -2.14. The molecule has 0 spiro atoms. The molecular formula is C22H23BrN2O2. The molecule has 2 atom stereocenters. The summed E-state index contributed by atoms with van der Waals surface area (Å²) in [5.41, 5.74) is 4.50. The van der Waals surface area contributed by atoms with Gasteiger partial charge in [0.05, 0.1) is 6.61 Å². The van der Waals surface area contributed by atoms with Gasteiger partial charge in [-0.1, -0.05) is 22.0 Å². The van der Waals surface area contributed by atoms with E-state index in [0.717, 1.165) is 21.5 Å². The van der Waals surface area contributed by atoms with Crippen molar-refractivity contribution in [3.8, 4) is 5.75 Å². The molecule has 2 heterocycles. The predicted molar refractivity (Wildman–Crippen MR) is 112 cm³/mol. The van der Waals surface area contributed by atoms with Crippen molar-refractivity contribution in [1.29, 1.82) is 0 Å². The first-order chi connectivity index (χ1) is 13.1. The number of amides is 1. The van der Waals surface area contributed by atoms with Crippen molar-refractivity contribution in [1.82, 2.24) is 4.90 Å². The van der Waals surface area contributed by atoms with Crippen molar-refractivity contribution < 1.29 is 9.53 Å². The zero-order valence-electron chi connectivity index (χ0n) is 15.5. The van der Waals surface area contributed by atoms with Crippen molar-refractivity contribution >= 4 is 33.6 Å². The van der Waals surface area contributed by atoms with Gasteiger partial charge in [-0.3, -0.25) is 9.69 Å². The summed E-state index contributed by atoms with van der Waals surface area (Å²) in [6.45, 7) is 2.53. The number of hydrogen-bond acceptors (Lipinski definition) is 3. The minimum atomic E-state index is -0.145. The van der Waals surface area contributed by atoms with Gasteiger partial charge in [0.1, 0.15) is 5.75 Å². The summed E-state index contributed by atoms with van der Waals surface area (Å²) in [4.78, 5) is 14.8. The molecule has 1 fully saturated rings. The number of anilines is 1. The van der Waals surface area contributed by atoms with Crippen LogP contribution >= 0.6 is 15.9 Å². The van der Waals surface area contributed by atoms with E-state index >= 15 is 0 Å². The molecule has 4 rings (SSSR count). The minimum absolute atomic E-state index is 0.145. The molecule has 140 valence electrons. The minimum Gasteiger partial charge on any atom is -0.493 e. The highest BCUT2D eigenvalue weighted by Crippen LogP contribution is 2.52. The van der Waals surface area contributed by atoms with E-state index in [0.29, 0.717) is 18.7 Å². The lowest BCUT2D eigenvalue weighted by atomic mass is 9.91. The number of halogens is 1. The lowest BCUT2D eigenvalue weighted by molar-refractivity contribution is -0.111. The smallest absolute Gasteiger partial charge is 0.248 e. The molecule has 0 aliphatic carbocycles. The van der Waals surface area contributed by atoms with E-state index in [1.807, 2.05) is 31.2 Å². The summed E-state index contributed by atoms with van der Waals surface area (Å²) < 4.78 is 6.57. The predicted octanol–water partition coefficient (Wildman–Crippen LogP) is 5.32. The van der Waals surface area contributed by atoms with Crippen LogP contribution in [0.1, 0.15) is 48.5 Å². The number of nitrogens with zero attached hydrogens (tertiary/aromatic N) is 1. The number of benzene rings is 2. The molecule has 27 heavy (non-hydrogen) atoms. The second kappa shape index (κ2) is 7.49. The molecule has 1 N–H and O–H groups in total. The van der Waals surface area contributed by atoms with Gasteiger partial charge in [0.2, 0.25) is 5.91 Å². The highest BCUT2D eigenvalue weighted by atomic mass is 79.9.